The Bertz CT molecular complexity index is 884. The maximum absolute atomic E-state index is 12.7. The van der Waals surface area contributed by atoms with E-state index in [4.69, 9.17) is 6.42 Å². The zero-order valence-electron chi connectivity index (χ0n) is 14.7. The third kappa shape index (κ3) is 4.50. The summed E-state index contributed by atoms with van der Waals surface area (Å²) in [5, 5.41) is 5.88. The van der Waals surface area contributed by atoms with Gasteiger partial charge in [0.15, 0.2) is 0 Å². The number of terminal acetylenes is 1. The maximum Gasteiger partial charge on any atom is 0.253 e. The van der Waals surface area contributed by atoms with E-state index in [1.807, 2.05) is 0 Å². The molecule has 136 valence electrons. The highest BCUT2D eigenvalue weighted by molar-refractivity contribution is 5.99. The molecule has 1 atom stereocenters. The summed E-state index contributed by atoms with van der Waals surface area (Å²) in [5.41, 5.74) is 1.81. The molecular formula is C20H19N5O2. The van der Waals surface area contributed by atoms with Gasteiger partial charge >= 0.3 is 0 Å². The Morgan fingerprint density at radius 2 is 1.96 bits per heavy atom. The van der Waals surface area contributed by atoms with E-state index in [1.54, 1.807) is 41.6 Å². The van der Waals surface area contributed by atoms with Crippen LogP contribution in [-0.4, -0.2) is 45.8 Å². The molecule has 1 aromatic heterocycles. The topological polar surface area (TPSA) is 87.2 Å². The number of benzene rings is 1. The third-order valence-electron chi connectivity index (χ3n) is 4.21. The van der Waals surface area contributed by atoms with Crippen LogP contribution in [-0.2, 0) is 4.79 Å². The molecule has 0 saturated carbocycles. The molecule has 2 N–H and O–H groups in total. The molecular weight excluding hydrogens is 342 g/mol. The fourth-order valence-electron chi connectivity index (χ4n) is 2.79. The minimum absolute atomic E-state index is 0.0514. The number of hydrogen-bond donors (Lipinski definition) is 2. The SMILES string of the molecule is C#Cc1cnc(N[C@@H]2CCN(C(=O)c3ccc(NC(=O)C=C)cc3)C2)nc1. The number of amides is 2. The second-order valence-electron chi connectivity index (χ2n) is 6.09. The molecule has 1 aromatic carbocycles. The van der Waals surface area contributed by atoms with E-state index in [9.17, 15) is 9.59 Å². The largest absolute Gasteiger partial charge is 0.350 e. The summed E-state index contributed by atoms with van der Waals surface area (Å²) >= 11 is 0. The minimum atomic E-state index is -0.292. The monoisotopic (exact) mass is 361 g/mol. The smallest absolute Gasteiger partial charge is 0.253 e. The lowest BCUT2D eigenvalue weighted by Gasteiger charge is -2.17. The predicted molar refractivity (Wildman–Crippen MR) is 103 cm³/mol. The van der Waals surface area contributed by atoms with Gasteiger partial charge in [-0.15, -0.1) is 6.42 Å². The Balaban J connectivity index is 1.57. The summed E-state index contributed by atoms with van der Waals surface area (Å²) in [6.07, 6.45) is 10.5. The number of aromatic nitrogens is 2. The lowest BCUT2D eigenvalue weighted by molar-refractivity contribution is -0.111. The highest BCUT2D eigenvalue weighted by Gasteiger charge is 2.27. The van der Waals surface area contributed by atoms with Crippen LogP contribution < -0.4 is 10.6 Å². The molecule has 3 rings (SSSR count). The van der Waals surface area contributed by atoms with Crippen molar-refractivity contribution in [3.8, 4) is 12.3 Å². The second-order valence-corrected chi connectivity index (χ2v) is 6.09. The van der Waals surface area contributed by atoms with E-state index in [-0.39, 0.29) is 17.9 Å². The molecule has 1 aliphatic heterocycles. The van der Waals surface area contributed by atoms with E-state index in [0.717, 1.165) is 6.42 Å². The molecule has 27 heavy (non-hydrogen) atoms. The summed E-state index contributed by atoms with van der Waals surface area (Å²) in [4.78, 5) is 34.1. The van der Waals surface area contributed by atoms with Gasteiger partial charge in [-0.05, 0) is 36.8 Å². The van der Waals surface area contributed by atoms with E-state index in [1.165, 1.54) is 6.08 Å². The molecule has 1 saturated heterocycles. The van der Waals surface area contributed by atoms with Crippen molar-refractivity contribution in [2.45, 2.75) is 12.5 Å². The van der Waals surface area contributed by atoms with Crippen LogP contribution in [0.25, 0.3) is 0 Å². The van der Waals surface area contributed by atoms with Crippen LogP contribution in [0.5, 0.6) is 0 Å². The van der Waals surface area contributed by atoms with Crippen LogP contribution in [0.3, 0.4) is 0 Å². The average molecular weight is 361 g/mol. The molecule has 2 aromatic rings. The van der Waals surface area contributed by atoms with Gasteiger partial charge in [-0.2, -0.15) is 0 Å². The highest BCUT2D eigenvalue weighted by Crippen LogP contribution is 2.18. The quantitative estimate of drug-likeness (QED) is 0.627. The van der Waals surface area contributed by atoms with Crippen LogP contribution in [0.4, 0.5) is 11.6 Å². The Labute approximate surface area is 157 Å². The molecule has 7 heteroatoms. The number of likely N-dealkylation sites (tertiary alicyclic amines) is 1. The van der Waals surface area contributed by atoms with Crippen molar-refractivity contribution >= 4 is 23.5 Å². The van der Waals surface area contributed by atoms with Crippen molar-refractivity contribution in [1.82, 2.24) is 14.9 Å². The van der Waals surface area contributed by atoms with Crippen LogP contribution in [0.2, 0.25) is 0 Å². The molecule has 2 amide bonds. The number of nitrogens with zero attached hydrogens (tertiary/aromatic N) is 3. The van der Waals surface area contributed by atoms with Crippen LogP contribution in [0.1, 0.15) is 22.3 Å². The first-order valence-corrected chi connectivity index (χ1v) is 8.47. The van der Waals surface area contributed by atoms with Gasteiger partial charge in [-0.3, -0.25) is 9.59 Å². The molecule has 0 spiro atoms. The van der Waals surface area contributed by atoms with Crippen molar-refractivity contribution in [3.63, 3.8) is 0 Å². The zero-order chi connectivity index (χ0) is 19.2. The molecule has 0 aliphatic carbocycles. The summed E-state index contributed by atoms with van der Waals surface area (Å²) in [6.45, 7) is 4.61. The number of rotatable bonds is 5. The molecule has 7 nitrogen and oxygen atoms in total. The van der Waals surface area contributed by atoms with Gasteiger partial charge in [0, 0.05) is 42.8 Å². The Morgan fingerprint density at radius 3 is 2.59 bits per heavy atom. The van der Waals surface area contributed by atoms with Crippen molar-refractivity contribution < 1.29 is 9.59 Å². The van der Waals surface area contributed by atoms with Gasteiger partial charge < -0.3 is 15.5 Å². The van der Waals surface area contributed by atoms with E-state index in [2.05, 4.69) is 33.1 Å². The van der Waals surface area contributed by atoms with Gasteiger partial charge in [0.05, 0.1) is 5.56 Å². The summed E-state index contributed by atoms with van der Waals surface area (Å²) in [7, 11) is 0. The van der Waals surface area contributed by atoms with E-state index >= 15 is 0 Å². The summed E-state index contributed by atoms with van der Waals surface area (Å²) in [5.74, 6) is 2.62. The van der Waals surface area contributed by atoms with E-state index < -0.39 is 0 Å². The highest BCUT2D eigenvalue weighted by atomic mass is 16.2. The molecule has 1 aliphatic rings. The molecule has 1 fully saturated rings. The van der Waals surface area contributed by atoms with Crippen LogP contribution in [0, 0.1) is 12.3 Å². The Kier molecular flexibility index (Phi) is 5.47. The molecule has 2 heterocycles. The van der Waals surface area contributed by atoms with Crippen LogP contribution in [0.15, 0.2) is 49.3 Å². The van der Waals surface area contributed by atoms with Gasteiger partial charge in [0.2, 0.25) is 11.9 Å². The number of carbonyl (C=O) groups is 2. The first-order valence-electron chi connectivity index (χ1n) is 8.47. The number of nitrogens with one attached hydrogen (secondary N) is 2. The number of anilines is 2. The summed E-state index contributed by atoms with van der Waals surface area (Å²) < 4.78 is 0. The molecule has 0 unspecified atom stereocenters. The maximum atomic E-state index is 12.7. The van der Waals surface area contributed by atoms with Crippen molar-refractivity contribution in [2.24, 2.45) is 0 Å². The average Bonchev–Trinajstić information content (AvgIpc) is 3.17. The van der Waals surface area contributed by atoms with Gasteiger partial charge in [-0.25, -0.2) is 9.97 Å². The van der Waals surface area contributed by atoms with E-state index in [0.29, 0.717) is 35.9 Å². The number of carbonyl (C=O) groups excluding carboxylic acids is 2. The second kappa shape index (κ2) is 8.15. The minimum Gasteiger partial charge on any atom is -0.350 e. The van der Waals surface area contributed by atoms with Gasteiger partial charge in [0.25, 0.3) is 5.91 Å². The van der Waals surface area contributed by atoms with Gasteiger partial charge in [-0.1, -0.05) is 12.5 Å². The lowest BCUT2D eigenvalue weighted by atomic mass is 10.2. The normalized spacial score (nSPS) is 15.7. The number of hydrogen-bond acceptors (Lipinski definition) is 5. The summed E-state index contributed by atoms with van der Waals surface area (Å²) in [6, 6.07) is 6.87. The van der Waals surface area contributed by atoms with Crippen molar-refractivity contribution in [1.29, 1.82) is 0 Å². The molecule has 0 bridgehead atoms. The van der Waals surface area contributed by atoms with Gasteiger partial charge in [0.1, 0.15) is 0 Å². The lowest BCUT2D eigenvalue weighted by Crippen LogP contribution is -2.31. The van der Waals surface area contributed by atoms with Crippen LogP contribution >= 0.6 is 0 Å². The zero-order valence-corrected chi connectivity index (χ0v) is 14.7. The first kappa shape index (κ1) is 18.1. The fourth-order valence-corrected chi connectivity index (χ4v) is 2.79. The first-order chi connectivity index (χ1) is 13.1. The molecule has 0 radical (unpaired) electrons. The fraction of sp³-hybridized carbons (Fsp3) is 0.200. The Hall–Kier alpha value is -3.66. The Morgan fingerprint density at radius 1 is 1.26 bits per heavy atom. The predicted octanol–water partition coefficient (Wildman–Crippen LogP) is 1.91. The standard InChI is InChI=1S/C20H19N5O2/c1-3-14-11-21-20(22-12-14)24-17-9-10-25(13-17)19(27)15-5-7-16(8-6-15)23-18(26)4-2/h1,4-8,11-12,17H,2,9-10,13H2,(H,23,26)(H,21,22,24)/t17-/m1/s1. The third-order valence-corrected chi connectivity index (χ3v) is 4.21. The van der Waals surface area contributed by atoms with Crippen molar-refractivity contribution in [3.05, 3.63) is 60.4 Å². The van der Waals surface area contributed by atoms with Crippen molar-refractivity contribution in [2.75, 3.05) is 23.7 Å².